The van der Waals surface area contributed by atoms with E-state index >= 15 is 0 Å². The van der Waals surface area contributed by atoms with E-state index in [1.165, 1.54) is 38.5 Å². The van der Waals surface area contributed by atoms with Crippen molar-refractivity contribution in [2.45, 2.75) is 148 Å². The predicted octanol–water partition coefficient (Wildman–Crippen LogP) is 10.2. The molecule has 0 amide bonds. The molecular formula is C32H56. The van der Waals surface area contributed by atoms with Gasteiger partial charge < -0.3 is 0 Å². The molecule has 0 spiro atoms. The molecule has 0 N–H and O–H groups in total. The molecule has 0 nitrogen and oxygen atoms in total. The van der Waals surface area contributed by atoms with Gasteiger partial charge in [0.05, 0.1) is 0 Å². The van der Waals surface area contributed by atoms with E-state index in [-0.39, 0.29) is 0 Å². The summed E-state index contributed by atoms with van der Waals surface area (Å²) in [5, 5.41) is 0. The highest BCUT2D eigenvalue weighted by Gasteiger charge is 2.37. The Balaban J connectivity index is 1.00. The van der Waals surface area contributed by atoms with Gasteiger partial charge in [-0.15, -0.1) is 0 Å². The van der Waals surface area contributed by atoms with Crippen molar-refractivity contribution < 1.29 is 0 Å². The molecule has 5 rings (SSSR count). The summed E-state index contributed by atoms with van der Waals surface area (Å²) in [7, 11) is 0. The molecule has 0 saturated heterocycles. The second-order valence-electron chi connectivity index (χ2n) is 13.8. The highest BCUT2D eigenvalue weighted by atomic mass is 14.4. The highest BCUT2D eigenvalue weighted by molar-refractivity contribution is 4.88. The van der Waals surface area contributed by atoms with Crippen LogP contribution in [0.15, 0.2) is 0 Å². The van der Waals surface area contributed by atoms with Gasteiger partial charge in [-0.1, -0.05) is 58.3 Å². The lowest BCUT2D eigenvalue weighted by molar-refractivity contribution is 0.0809. The summed E-state index contributed by atoms with van der Waals surface area (Å²) in [6, 6.07) is 0. The molecule has 0 atom stereocenters. The molecule has 0 radical (unpaired) electrons. The number of hydrogen-bond acceptors (Lipinski definition) is 0. The second kappa shape index (κ2) is 11.6. The maximum absolute atomic E-state index is 2.48. The highest BCUT2D eigenvalue weighted by Crippen LogP contribution is 2.49. The topological polar surface area (TPSA) is 0 Å². The van der Waals surface area contributed by atoms with Crippen molar-refractivity contribution in [1.29, 1.82) is 0 Å². The molecule has 0 aliphatic heterocycles. The van der Waals surface area contributed by atoms with Gasteiger partial charge in [-0.25, -0.2) is 0 Å². The smallest absolute Gasteiger partial charge is 0.0386 e. The summed E-state index contributed by atoms with van der Waals surface area (Å²) in [6.45, 7) is 2.48. The standard InChI is InChI=1S/C32H56/c1-24-8-10-26(11-9-24)28-16-18-30(19-17-28)32-22-20-31(21-23-32)29-14-12-27(13-15-29)25-6-4-2-3-5-7-25/h24-32H,2-23H2,1H3. The normalized spacial score (nSPS) is 45.3. The molecule has 5 fully saturated rings. The van der Waals surface area contributed by atoms with Crippen molar-refractivity contribution in [1.82, 2.24) is 0 Å². The summed E-state index contributed by atoms with van der Waals surface area (Å²) in [5.74, 6) is 9.91. The SMILES string of the molecule is CC1CCC(C2CCC(C3CCC(C4CCC(C5CCCCCC5)CC4)CC3)CC2)CC1. The van der Waals surface area contributed by atoms with Gasteiger partial charge in [-0.2, -0.15) is 0 Å². The van der Waals surface area contributed by atoms with Crippen LogP contribution < -0.4 is 0 Å². The van der Waals surface area contributed by atoms with Gasteiger partial charge in [-0.3, -0.25) is 0 Å². The Morgan fingerprint density at radius 3 is 0.750 bits per heavy atom. The van der Waals surface area contributed by atoms with Crippen molar-refractivity contribution in [2.75, 3.05) is 0 Å². The van der Waals surface area contributed by atoms with E-state index in [0.717, 1.165) is 53.3 Å². The van der Waals surface area contributed by atoms with Crippen molar-refractivity contribution in [2.24, 2.45) is 53.3 Å². The first-order valence-corrected chi connectivity index (χ1v) is 15.8. The van der Waals surface area contributed by atoms with Crippen molar-refractivity contribution in [3.05, 3.63) is 0 Å². The molecular weight excluding hydrogens is 384 g/mol. The Labute approximate surface area is 201 Å². The minimum absolute atomic E-state index is 1.02. The Hall–Kier alpha value is 0. The average molecular weight is 441 g/mol. The van der Waals surface area contributed by atoms with E-state index in [1.807, 2.05) is 0 Å². The van der Waals surface area contributed by atoms with Crippen LogP contribution in [0.4, 0.5) is 0 Å². The minimum Gasteiger partial charge on any atom is -0.0625 e. The molecule has 0 aromatic rings. The zero-order chi connectivity index (χ0) is 21.8. The number of hydrogen-bond donors (Lipinski definition) is 0. The van der Waals surface area contributed by atoms with E-state index < -0.39 is 0 Å². The molecule has 5 aliphatic rings. The quantitative estimate of drug-likeness (QED) is 0.381. The monoisotopic (exact) mass is 440 g/mol. The van der Waals surface area contributed by atoms with E-state index in [4.69, 9.17) is 0 Å². The van der Waals surface area contributed by atoms with Crippen LogP contribution in [0.1, 0.15) is 148 Å². The van der Waals surface area contributed by atoms with Gasteiger partial charge in [0.25, 0.3) is 0 Å². The Kier molecular flexibility index (Phi) is 8.62. The van der Waals surface area contributed by atoms with E-state index in [0.29, 0.717) is 0 Å². The van der Waals surface area contributed by atoms with Crippen LogP contribution >= 0.6 is 0 Å². The molecule has 5 saturated carbocycles. The summed E-state index contributed by atoms with van der Waals surface area (Å²) in [6.07, 6.45) is 34.6. The molecule has 0 heteroatoms. The molecule has 184 valence electrons. The molecule has 0 bridgehead atoms. The van der Waals surface area contributed by atoms with E-state index in [2.05, 4.69) is 6.92 Å². The van der Waals surface area contributed by atoms with Crippen LogP contribution in [0.5, 0.6) is 0 Å². The average Bonchev–Trinajstić information content (AvgIpc) is 3.15. The van der Waals surface area contributed by atoms with Crippen LogP contribution in [0.2, 0.25) is 0 Å². The van der Waals surface area contributed by atoms with Crippen LogP contribution in [-0.4, -0.2) is 0 Å². The second-order valence-corrected chi connectivity index (χ2v) is 13.8. The predicted molar refractivity (Wildman–Crippen MR) is 139 cm³/mol. The van der Waals surface area contributed by atoms with Gasteiger partial charge in [0.2, 0.25) is 0 Å². The number of rotatable bonds is 4. The summed E-state index contributed by atoms with van der Waals surface area (Å²) < 4.78 is 0. The lowest BCUT2D eigenvalue weighted by Crippen LogP contribution is -2.32. The van der Waals surface area contributed by atoms with Gasteiger partial charge in [0.1, 0.15) is 0 Å². The lowest BCUT2D eigenvalue weighted by Gasteiger charge is -2.43. The van der Waals surface area contributed by atoms with Crippen molar-refractivity contribution >= 4 is 0 Å². The lowest BCUT2D eigenvalue weighted by atomic mass is 9.62. The van der Waals surface area contributed by atoms with Crippen molar-refractivity contribution in [3.8, 4) is 0 Å². The summed E-state index contributed by atoms with van der Waals surface area (Å²) in [4.78, 5) is 0. The first-order chi connectivity index (χ1) is 15.8. The summed E-state index contributed by atoms with van der Waals surface area (Å²) >= 11 is 0. The van der Waals surface area contributed by atoms with Crippen LogP contribution in [0.25, 0.3) is 0 Å². The zero-order valence-electron chi connectivity index (χ0n) is 21.8. The third kappa shape index (κ3) is 5.97. The zero-order valence-corrected chi connectivity index (χ0v) is 21.8. The van der Waals surface area contributed by atoms with Gasteiger partial charge in [-0.05, 0) is 143 Å². The van der Waals surface area contributed by atoms with Crippen LogP contribution in [0, 0.1) is 53.3 Å². The van der Waals surface area contributed by atoms with Crippen molar-refractivity contribution in [3.63, 3.8) is 0 Å². The Morgan fingerprint density at radius 2 is 0.469 bits per heavy atom. The van der Waals surface area contributed by atoms with Crippen LogP contribution in [0.3, 0.4) is 0 Å². The maximum Gasteiger partial charge on any atom is -0.0386 e. The molecule has 0 heterocycles. The molecule has 0 aromatic carbocycles. The van der Waals surface area contributed by atoms with Gasteiger partial charge in [0, 0.05) is 0 Å². The summed E-state index contributed by atoms with van der Waals surface area (Å²) in [5.41, 5.74) is 0. The van der Waals surface area contributed by atoms with Crippen LogP contribution in [-0.2, 0) is 0 Å². The van der Waals surface area contributed by atoms with Gasteiger partial charge >= 0.3 is 0 Å². The fourth-order valence-electron chi connectivity index (χ4n) is 9.80. The fraction of sp³-hybridized carbons (Fsp3) is 1.00. The molecule has 32 heavy (non-hydrogen) atoms. The first kappa shape index (κ1) is 23.7. The fourth-order valence-corrected chi connectivity index (χ4v) is 9.80. The Morgan fingerprint density at radius 1 is 0.250 bits per heavy atom. The molecule has 0 aromatic heterocycles. The van der Waals surface area contributed by atoms with E-state index in [1.54, 1.807) is 103 Å². The minimum atomic E-state index is 1.02. The third-order valence-corrected chi connectivity index (χ3v) is 12.1. The molecule has 5 aliphatic carbocycles. The van der Waals surface area contributed by atoms with Gasteiger partial charge in [0.15, 0.2) is 0 Å². The molecule has 0 unspecified atom stereocenters. The Bertz CT molecular complexity index is 510. The van der Waals surface area contributed by atoms with E-state index in [9.17, 15) is 0 Å². The largest absolute Gasteiger partial charge is 0.0625 e. The maximum atomic E-state index is 2.48. The first-order valence-electron chi connectivity index (χ1n) is 15.8. The third-order valence-electron chi connectivity index (χ3n) is 12.1.